The lowest BCUT2D eigenvalue weighted by Gasteiger charge is -2.39. The van der Waals surface area contributed by atoms with Gasteiger partial charge in [0, 0.05) is 32.1 Å². The molecule has 3 rings (SSSR count). The quantitative estimate of drug-likeness (QED) is 0.817. The van der Waals surface area contributed by atoms with Crippen molar-refractivity contribution >= 4 is 11.9 Å². The number of ether oxygens (including phenoxy) is 2. The van der Waals surface area contributed by atoms with E-state index in [1.807, 2.05) is 0 Å². The lowest BCUT2D eigenvalue weighted by Crippen LogP contribution is -2.52. The summed E-state index contributed by atoms with van der Waals surface area (Å²) < 4.78 is 12.7. The molecule has 138 valence electrons. The molecule has 2 saturated heterocycles. The van der Waals surface area contributed by atoms with Crippen LogP contribution in [0.2, 0.25) is 0 Å². The predicted octanol–water partition coefficient (Wildman–Crippen LogP) is 0.871. The molecule has 3 heterocycles. The van der Waals surface area contributed by atoms with Gasteiger partial charge in [0.1, 0.15) is 12.1 Å². The third-order valence-electron chi connectivity index (χ3n) is 5.14. The smallest absolute Gasteiger partial charge is 0.330 e. The van der Waals surface area contributed by atoms with Gasteiger partial charge in [0.05, 0.1) is 19.0 Å². The molecular weight excluding hydrogens is 326 g/mol. The minimum atomic E-state index is -1.02. The fourth-order valence-corrected chi connectivity index (χ4v) is 3.53. The van der Waals surface area contributed by atoms with Gasteiger partial charge in [0.2, 0.25) is 5.91 Å². The van der Waals surface area contributed by atoms with Crippen LogP contribution >= 0.6 is 0 Å². The van der Waals surface area contributed by atoms with Gasteiger partial charge in [-0.15, -0.1) is 0 Å². The second-order valence-electron chi connectivity index (χ2n) is 6.69. The largest absolute Gasteiger partial charge is 0.479 e. The molecule has 1 amide bonds. The van der Waals surface area contributed by atoms with Gasteiger partial charge in [-0.05, 0) is 32.1 Å². The van der Waals surface area contributed by atoms with Crippen molar-refractivity contribution in [3.8, 4) is 0 Å². The van der Waals surface area contributed by atoms with Crippen molar-refractivity contribution in [2.75, 3.05) is 32.9 Å². The maximum Gasteiger partial charge on any atom is 0.330 e. The summed E-state index contributed by atoms with van der Waals surface area (Å²) in [7, 11) is 0. The Hall–Kier alpha value is -1.93. The zero-order valence-electron chi connectivity index (χ0n) is 14.3. The normalized spacial score (nSPS) is 23.4. The van der Waals surface area contributed by atoms with Crippen molar-refractivity contribution in [2.45, 2.75) is 43.7 Å². The minimum Gasteiger partial charge on any atom is -0.479 e. The van der Waals surface area contributed by atoms with E-state index in [0.29, 0.717) is 32.5 Å². The van der Waals surface area contributed by atoms with Gasteiger partial charge in [0.15, 0.2) is 0 Å². The van der Waals surface area contributed by atoms with E-state index in [-0.39, 0.29) is 18.6 Å². The molecule has 1 atom stereocenters. The van der Waals surface area contributed by atoms with Gasteiger partial charge < -0.3 is 24.0 Å². The summed E-state index contributed by atoms with van der Waals surface area (Å²) in [5.74, 6) is -0.983. The van der Waals surface area contributed by atoms with E-state index in [4.69, 9.17) is 9.47 Å². The molecule has 25 heavy (non-hydrogen) atoms. The first-order valence-electron chi connectivity index (χ1n) is 8.81. The average molecular weight is 351 g/mol. The molecule has 0 saturated carbocycles. The number of imidazole rings is 1. The molecule has 0 spiro atoms. The second-order valence-corrected chi connectivity index (χ2v) is 6.69. The van der Waals surface area contributed by atoms with Crippen molar-refractivity contribution in [3.05, 3.63) is 18.7 Å². The average Bonchev–Trinajstić information content (AvgIpc) is 3.17. The fraction of sp³-hybridized carbons (Fsp3) is 0.706. The van der Waals surface area contributed by atoms with Crippen LogP contribution in [0.4, 0.5) is 0 Å². The van der Waals surface area contributed by atoms with E-state index in [1.54, 1.807) is 21.9 Å². The van der Waals surface area contributed by atoms with E-state index in [9.17, 15) is 14.7 Å². The molecule has 1 aromatic heterocycles. The Morgan fingerprint density at radius 2 is 2.12 bits per heavy atom. The summed E-state index contributed by atoms with van der Waals surface area (Å²) in [4.78, 5) is 29.7. The summed E-state index contributed by atoms with van der Waals surface area (Å²) in [5, 5.41) is 9.68. The van der Waals surface area contributed by atoms with Crippen molar-refractivity contribution in [1.29, 1.82) is 0 Å². The van der Waals surface area contributed by atoms with E-state index in [2.05, 4.69) is 4.98 Å². The van der Waals surface area contributed by atoms with Crippen LogP contribution < -0.4 is 0 Å². The molecule has 2 fully saturated rings. The number of likely N-dealkylation sites (tertiary alicyclic amines) is 1. The number of carbonyl (C=O) groups excluding carboxylic acids is 1. The molecule has 0 aliphatic carbocycles. The van der Waals surface area contributed by atoms with Gasteiger partial charge in [-0.1, -0.05) is 0 Å². The van der Waals surface area contributed by atoms with Crippen LogP contribution in [-0.2, 0) is 24.6 Å². The Labute approximate surface area is 146 Å². The summed E-state index contributed by atoms with van der Waals surface area (Å²) in [5.41, 5.74) is -1.02. The Morgan fingerprint density at radius 1 is 1.32 bits per heavy atom. The maximum absolute atomic E-state index is 12.3. The molecular formula is C17H25N3O5. The number of rotatable bonds is 6. The third-order valence-corrected chi connectivity index (χ3v) is 5.14. The number of aliphatic carboxylic acids is 1. The van der Waals surface area contributed by atoms with Crippen LogP contribution in [0.1, 0.15) is 32.1 Å². The minimum absolute atomic E-state index is 0.0189. The number of aromatic nitrogens is 2. The highest BCUT2D eigenvalue weighted by atomic mass is 16.5. The maximum atomic E-state index is 12.3. The Kier molecular flexibility index (Phi) is 5.70. The molecule has 0 bridgehead atoms. The zero-order chi connectivity index (χ0) is 17.7. The van der Waals surface area contributed by atoms with Crippen LogP contribution in [0.25, 0.3) is 0 Å². The number of piperidine rings is 1. The number of carboxylic acids is 1. The van der Waals surface area contributed by atoms with E-state index in [0.717, 1.165) is 25.9 Å². The highest BCUT2D eigenvalue weighted by molar-refractivity contribution is 5.80. The fourth-order valence-electron chi connectivity index (χ4n) is 3.53. The standard InChI is InChI=1S/C17H25N3O5/c21-15(12-24-11-14-3-1-2-10-25-14)19-7-4-17(5-8-19,16(22)23)20-9-6-18-13-20/h6,9,13-14H,1-5,7-8,10-12H2,(H,22,23). The lowest BCUT2D eigenvalue weighted by atomic mass is 9.87. The Morgan fingerprint density at radius 3 is 2.72 bits per heavy atom. The van der Waals surface area contributed by atoms with Gasteiger partial charge in [-0.3, -0.25) is 4.79 Å². The van der Waals surface area contributed by atoms with Crippen molar-refractivity contribution in [1.82, 2.24) is 14.5 Å². The summed E-state index contributed by atoms with van der Waals surface area (Å²) in [6.45, 7) is 2.01. The third kappa shape index (κ3) is 4.01. The molecule has 8 heteroatoms. The molecule has 2 aliphatic rings. The molecule has 1 unspecified atom stereocenters. The van der Waals surface area contributed by atoms with Crippen LogP contribution in [0.15, 0.2) is 18.7 Å². The SMILES string of the molecule is O=C(COCC1CCCCO1)N1CCC(C(=O)O)(n2ccnc2)CC1. The summed E-state index contributed by atoms with van der Waals surface area (Å²) in [6.07, 6.45) is 8.77. The summed E-state index contributed by atoms with van der Waals surface area (Å²) in [6, 6.07) is 0. The van der Waals surface area contributed by atoms with Gasteiger partial charge >= 0.3 is 5.97 Å². The summed E-state index contributed by atoms with van der Waals surface area (Å²) >= 11 is 0. The first-order valence-corrected chi connectivity index (χ1v) is 8.81. The number of carboxylic acid groups (broad SMARTS) is 1. The topological polar surface area (TPSA) is 93.9 Å². The highest BCUT2D eigenvalue weighted by Crippen LogP contribution is 2.30. The number of carbonyl (C=O) groups is 2. The number of nitrogens with zero attached hydrogens (tertiary/aromatic N) is 3. The second kappa shape index (κ2) is 7.97. The lowest BCUT2D eigenvalue weighted by molar-refractivity contribution is -0.154. The zero-order valence-corrected chi connectivity index (χ0v) is 14.3. The van der Waals surface area contributed by atoms with Crippen LogP contribution in [0.3, 0.4) is 0 Å². The molecule has 2 aliphatic heterocycles. The van der Waals surface area contributed by atoms with Crippen molar-refractivity contribution in [3.63, 3.8) is 0 Å². The Bertz CT molecular complexity index is 575. The molecule has 0 aromatic carbocycles. The van der Waals surface area contributed by atoms with Gasteiger partial charge in [-0.25, -0.2) is 9.78 Å². The van der Waals surface area contributed by atoms with Crippen molar-refractivity contribution < 1.29 is 24.2 Å². The van der Waals surface area contributed by atoms with Crippen molar-refractivity contribution in [2.24, 2.45) is 0 Å². The van der Waals surface area contributed by atoms with E-state index < -0.39 is 11.5 Å². The predicted molar refractivity (Wildman–Crippen MR) is 88.1 cm³/mol. The number of hydrogen-bond donors (Lipinski definition) is 1. The van der Waals surface area contributed by atoms with Gasteiger partial charge in [0.25, 0.3) is 0 Å². The van der Waals surface area contributed by atoms with Crippen LogP contribution in [-0.4, -0.2) is 70.4 Å². The first kappa shape index (κ1) is 17.9. The number of hydrogen-bond acceptors (Lipinski definition) is 5. The number of amides is 1. The van der Waals surface area contributed by atoms with Gasteiger partial charge in [-0.2, -0.15) is 0 Å². The first-order chi connectivity index (χ1) is 12.1. The molecule has 0 radical (unpaired) electrons. The molecule has 1 aromatic rings. The highest BCUT2D eigenvalue weighted by Gasteiger charge is 2.43. The molecule has 1 N–H and O–H groups in total. The monoisotopic (exact) mass is 351 g/mol. The van der Waals surface area contributed by atoms with Crippen LogP contribution in [0.5, 0.6) is 0 Å². The molecule has 8 nitrogen and oxygen atoms in total. The van der Waals surface area contributed by atoms with E-state index in [1.165, 1.54) is 6.33 Å². The van der Waals surface area contributed by atoms with Crippen LogP contribution in [0, 0.1) is 0 Å². The van der Waals surface area contributed by atoms with E-state index >= 15 is 0 Å². The Balaban J connectivity index is 1.47.